The van der Waals surface area contributed by atoms with Gasteiger partial charge in [-0.05, 0) is 43.0 Å². The quantitative estimate of drug-likeness (QED) is 0.618. The number of nitrogens with zero attached hydrogens (tertiary/aromatic N) is 1. The summed E-state index contributed by atoms with van der Waals surface area (Å²) in [5.74, 6) is -0.0846. The van der Waals surface area contributed by atoms with E-state index < -0.39 is 17.8 Å². The molecular formula is C27H33F3N2O4. The molecule has 2 aromatic rings. The fourth-order valence-electron chi connectivity index (χ4n) is 4.99. The van der Waals surface area contributed by atoms with Gasteiger partial charge in [0.15, 0.2) is 0 Å². The molecule has 0 spiro atoms. The minimum atomic E-state index is -4.38. The van der Waals surface area contributed by atoms with Gasteiger partial charge in [0.1, 0.15) is 0 Å². The third-order valence-corrected chi connectivity index (χ3v) is 6.84. The molecule has 2 aromatic carbocycles. The van der Waals surface area contributed by atoms with Crippen LogP contribution in [0.1, 0.15) is 48.9 Å². The second kappa shape index (κ2) is 11.7. The predicted molar refractivity (Wildman–Crippen MR) is 128 cm³/mol. The molecule has 0 aliphatic carbocycles. The van der Waals surface area contributed by atoms with Crippen LogP contribution in [0.3, 0.4) is 0 Å². The lowest BCUT2D eigenvalue weighted by molar-refractivity contribution is -0.158. The lowest BCUT2D eigenvalue weighted by Crippen LogP contribution is -2.55. The van der Waals surface area contributed by atoms with E-state index in [1.165, 1.54) is 12.1 Å². The SMILES string of the molecule is C[C@@H](NC(=O)C[C@H]1CC[C@@H]2[C@H](COC[C@H](O)CN2Cc2ccc(C(F)(F)F)cc2)O1)c1ccccc1. The third kappa shape index (κ3) is 7.06. The maximum Gasteiger partial charge on any atom is 0.416 e. The molecule has 0 saturated carbocycles. The first-order chi connectivity index (χ1) is 17.2. The van der Waals surface area contributed by atoms with Crippen molar-refractivity contribution in [1.82, 2.24) is 10.2 Å². The highest BCUT2D eigenvalue weighted by molar-refractivity contribution is 5.77. The molecule has 1 amide bonds. The number of benzene rings is 2. The van der Waals surface area contributed by atoms with E-state index >= 15 is 0 Å². The number of hydrogen-bond acceptors (Lipinski definition) is 5. The smallest absolute Gasteiger partial charge is 0.389 e. The van der Waals surface area contributed by atoms with Crippen LogP contribution in [-0.2, 0) is 27.0 Å². The predicted octanol–water partition coefficient (Wildman–Crippen LogP) is 4.08. The average molecular weight is 507 g/mol. The monoisotopic (exact) mass is 506 g/mol. The minimum Gasteiger partial charge on any atom is -0.389 e. The lowest BCUT2D eigenvalue weighted by atomic mass is 9.94. The first kappa shape index (κ1) is 26.6. The number of aliphatic hydroxyl groups excluding tert-OH is 1. The first-order valence-corrected chi connectivity index (χ1v) is 12.3. The van der Waals surface area contributed by atoms with Crippen LogP contribution in [0.2, 0.25) is 0 Å². The molecule has 2 aliphatic rings. The van der Waals surface area contributed by atoms with E-state index in [0.717, 1.165) is 29.7 Å². The number of β-amino-alcohol motifs (C(OH)–C–C–N with tert-alkyl or cyclic N) is 1. The fourth-order valence-corrected chi connectivity index (χ4v) is 4.99. The van der Waals surface area contributed by atoms with Gasteiger partial charge < -0.3 is 19.9 Å². The highest BCUT2D eigenvalue weighted by Gasteiger charge is 2.38. The van der Waals surface area contributed by atoms with Crippen molar-refractivity contribution in [3.63, 3.8) is 0 Å². The van der Waals surface area contributed by atoms with Crippen molar-refractivity contribution in [2.75, 3.05) is 19.8 Å². The molecule has 0 radical (unpaired) electrons. The van der Waals surface area contributed by atoms with Gasteiger partial charge >= 0.3 is 6.18 Å². The van der Waals surface area contributed by atoms with E-state index in [2.05, 4.69) is 10.2 Å². The van der Waals surface area contributed by atoms with E-state index in [0.29, 0.717) is 19.5 Å². The molecule has 5 atom stereocenters. The molecule has 2 saturated heterocycles. The zero-order chi connectivity index (χ0) is 25.7. The first-order valence-electron chi connectivity index (χ1n) is 12.3. The molecule has 2 fully saturated rings. The largest absolute Gasteiger partial charge is 0.416 e. The number of nitrogens with one attached hydrogen (secondary N) is 1. The highest BCUT2D eigenvalue weighted by Crippen LogP contribution is 2.31. The van der Waals surface area contributed by atoms with Gasteiger partial charge in [-0.1, -0.05) is 42.5 Å². The molecule has 9 heteroatoms. The molecule has 196 valence electrons. The summed E-state index contributed by atoms with van der Waals surface area (Å²) < 4.78 is 50.7. The molecule has 0 bridgehead atoms. The van der Waals surface area contributed by atoms with Crippen molar-refractivity contribution in [1.29, 1.82) is 0 Å². The highest BCUT2D eigenvalue weighted by atomic mass is 19.4. The Morgan fingerprint density at radius 2 is 1.83 bits per heavy atom. The maximum atomic E-state index is 12.9. The van der Waals surface area contributed by atoms with E-state index in [4.69, 9.17) is 9.47 Å². The number of amides is 1. The van der Waals surface area contributed by atoms with Gasteiger partial charge in [0.05, 0.1) is 49.6 Å². The van der Waals surface area contributed by atoms with Crippen molar-refractivity contribution in [2.45, 2.75) is 69.3 Å². The second-order valence-corrected chi connectivity index (χ2v) is 9.66. The lowest BCUT2D eigenvalue weighted by Gasteiger charge is -2.44. The summed E-state index contributed by atoms with van der Waals surface area (Å²) >= 11 is 0. The van der Waals surface area contributed by atoms with Crippen molar-refractivity contribution in [3.05, 3.63) is 71.3 Å². The fraction of sp³-hybridized carbons (Fsp3) is 0.519. The van der Waals surface area contributed by atoms with Crippen LogP contribution in [0.15, 0.2) is 54.6 Å². The minimum absolute atomic E-state index is 0.0789. The van der Waals surface area contributed by atoms with Crippen LogP contribution in [0, 0.1) is 0 Å². The van der Waals surface area contributed by atoms with Crippen molar-refractivity contribution >= 4 is 5.91 Å². The summed E-state index contributed by atoms with van der Waals surface area (Å²) in [4.78, 5) is 14.7. The van der Waals surface area contributed by atoms with Gasteiger partial charge in [0.25, 0.3) is 0 Å². The number of fused-ring (bicyclic) bond motifs is 1. The van der Waals surface area contributed by atoms with E-state index in [9.17, 15) is 23.1 Å². The average Bonchev–Trinajstić information content (AvgIpc) is 2.83. The van der Waals surface area contributed by atoms with Gasteiger partial charge in [-0.15, -0.1) is 0 Å². The summed E-state index contributed by atoms with van der Waals surface area (Å²) in [7, 11) is 0. The van der Waals surface area contributed by atoms with Crippen molar-refractivity contribution in [3.8, 4) is 0 Å². The molecule has 0 aromatic heterocycles. The molecule has 0 unspecified atom stereocenters. The van der Waals surface area contributed by atoms with Crippen LogP contribution in [0.4, 0.5) is 13.2 Å². The number of hydrogen-bond donors (Lipinski definition) is 2. The Balaban J connectivity index is 1.37. The zero-order valence-electron chi connectivity index (χ0n) is 20.3. The van der Waals surface area contributed by atoms with Gasteiger partial charge in [-0.3, -0.25) is 9.69 Å². The number of aliphatic hydroxyl groups is 1. The van der Waals surface area contributed by atoms with Crippen LogP contribution in [-0.4, -0.2) is 60.0 Å². The second-order valence-electron chi connectivity index (χ2n) is 9.66. The van der Waals surface area contributed by atoms with Gasteiger partial charge in [-0.2, -0.15) is 13.2 Å². The van der Waals surface area contributed by atoms with Gasteiger partial charge in [0, 0.05) is 19.1 Å². The summed E-state index contributed by atoms with van der Waals surface area (Å²) in [6, 6.07) is 14.7. The van der Waals surface area contributed by atoms with Crippen LogP contribution in [0.25, 0.3) is 0 Å². The normalized spacial score (nSPS) is 26.4. The number of alkyl halides is 3. The number of rotatable bonds is 6. The molecular weight excluding hydrogens is 473 g/mol. The van der Waals surface area contributed by atoms with Gasteiger partial charge in [-0.25, -0.2) is 0 Å². The van der Waals surface area contributed by atoms with E-state index in [-0.39, 0.29) is 49.8 Å². The summed E-state index contributed by atoms with van der Waals surface area (Å²) in [5.41, 5.74) is 1.07. The standard InChI is InChI=1S/C27H33F3N2O4/c1-18(20-5-3-2-4-6-20)31-26(34)13-23-11-12-24-25(36-23)17-35-16-22(33)15-32(24)14-19-7-9-21(10-8-19)27(28,29)30/h2-10,18,22-25,33H,11-17H2,1H3,(H,31,34)/t18-,22-,23-,24-,25+/m1/s1. The Hall–Kier alpha value is -2.46. The molecule has 2 heterocycles. The number of halogens is 3. The summed E-state index contributed by atoms with van der Waals surface area (Å²) in [5, 5.41) is 13.4. The summed E-state index contributed by atoms with van der Waals surface area (Å²) in [6.07, 6.45) is -4.01. The van der Waals surface area contributed by atoms with Crippen molar-refractivity contribution < 1.29 is 32.5 Å². The number of ether oxygens (including phenoxy) is 2. The van der Waals surface area contributed by atoms with Gasteiger partial charge in [0.2, 0.25) is 5.91 Å². The number of carbonyl (C=O) groups is 1. The van der Waals surface area contributed by atoms with E-state index in [1.54, 1.807) is 0 Å². The van der Waals surface area contributed by atoms with Crippen LogP contribution in [0.5, 0.6) is 0 Å². The molecule has 36 heavy (non-hydrogen) atoms. The summed E-state index contributed by atoms with van der Waals surface area (Å²) in [6.45, 7) is 3.09. The Bertz CT molecular complexity index is 987. The Labute approximate surface area is 209 Å². The zero-order valence-corrected chi connectivity index (χ0v) is 20.3. The number of carbonyl (C=O) groups excluding carboxylic acids is 1. The molecule has 6 nitrogen and oxygen atoms in total. The molecule has 2 N–H and O–H groups in total. The van der Waals surface area contributed by atoms with E-state index in [1.807, 2.05) is 37.3 Å². The Morgan fingerprint density at radius 3 is 2.53 bits per heavy atom. The maximum absolute atomic E-state index is 12.9. The topological polar surface area (TPSA) is 71.0 Å². The Morgan fingerprint density at radius 1 is 1.11 bits per heavy atom. The van der Waals surface area contributed by atoms with Crippen LogP contribution < -0.4 is 5.32 Å². The van der Waals surface area contributed by atoms with Crippen LogP contribution >= 0.6 is 0 Å². The third-order valence-electron chi connectivity index (χ3n) is 6.84. The molecule has 2 aliphatic heterocycles. The van der Waals surface area contributed by atoms with Crippen molar-refractivity contribution in [2.24, 2.45) is 0 Å². The molecule has 4 rings (SSSR count). The Kier molecular flexibility index (Phi) is 8.66.